The van der Waals surface area contributed by atoms with E-state index in [4.69, 9.17) is 4.74 Å². The standard InChI is InChI=1S/C12H15N3O3/c16-15(17)12-6-10(14-4-1-5-14)2-3-11(12)13-9-7-18-8-9/h2-3,6,9,13H,1,4-5,7-8H2. The molecule has 6 nitrogen and oxygen atoms in total. The van der Waals surface area contributed by atoms with Crippen LogP contribution in [0, 0.1) is 10.1 Å². The van der Waals surface area contributed by atoms with E-state index in [9.17, 15) is 10.1 Å². The number of nitro benzene ring substituents is 1. The van der Waals surface area contributed by atoms with Gasteiger partial charge in [0.25, 0.3) is 5.69 Å². The third-order valence-corrected chi connectivity index (χ3v) is 3.40. The summed E-state index contributed by atoms with van der Waals surface area (Å²) in [5.41, 5.74) is 1.66. The summed E-state index contributed by atoms with van der Waals surface area (Å²) in [4.78, 5) is 12.9. The third-order valence-electron chi connectivity index (χ3n) is 3.40. The van der Waals surface area contributed by atoms with Crippen LogP contribution in [0.15, 0.2) is 18.2 Å². The summed E-state index contributed by atoms with van der Waals surface area (Å²) >= 11 is 0. The molecule has 0 atom stereocenters. The van der Waals surface area contributed by atoms with Crippen molar-refractivity contribution >= 4 is 17.1 Å². The molecule has 0 spiro atoms. The molecule has 0 aliphatic carbocycles. The van der Waals surface area contributed by atoms with E-state index in [0.29, 0.717) is 18.9 Å². The second-order valence-corrected chi connectivity index (χ2v) is 4.68. The molecule has 2 saturated heterocycles. The van der Waals surface area contributed by atoms with Gasteiger partial charge in [-0.15, -0.1) is 0 Å². The van der Waals surface area contributed by atoms with Crippen molar-refractivity contribution < 1.29 is 9.66 Å². The molecule has 0 amide bonds. The zero-order valence-electron chi connectivity index (χ0n) is 9.96. The van der Waals surface area contributed by atoms with Gasteiger partial charge < -0.3 is 15.0 Å². The zero-order valence-corrected chi connectivity index (χ0v) is 9.96. The Morgan fingerprint density at radius 3 is 2.67 bits per heavy atom. The van der Waals surface area contributed by atoms with Crippen LogP contribution >= 0.6 is 0 Å². The topological polar surface area (TPSA) is 67.6 Å². The molecule has 1 N–H and O–H groups in total. The van der Waals surface area contributed by atoms with Gasteiger partial charge in [0.05, 0.1) is 24.2 Å². The summed E-state index contributed by atoms with van der Waals surface area (Å²) in [5.74, 6) is 0. The molecule has 0 saturated carbocycles. The highest BCUT2D eigenvalue weighted by Gasteiger charge is 2.24. The number of rotatable bonds is 4. The largest absolute Gasteiger partial charge is 0.377 e. The van der Waals surface area contributed by atoms with Crippen molar-refractivity contribution in [2.45, 2.75) is 12.5 Å². The van der Waals surface area contributed by atoms with E-state index in [1.54, 1.807) is 12.1 Å². The van der Waals surface area contributed by atoms with Gasteiger partial charge in [-0.3, -0.25) is 10.1 Å². The van der Waals surface area contributed by atoms with Crippen molar-refractivity contribution in [1.29, 1.82) is 0 Å². The lowest BCUT2D eigenvalue weighted by molar-refractivity contribution is -0.383. The first-order valence-corrected chi connectivity index (χ1v) is 6.12. The molecule has 0 aromatic heterocycles. The monoisotopic (exact) mass is 249 g/mol. The lowest BCUT2D eigenvalue weighted by Crippen LogP contribution is -2.40. The Morgan fingerprint density at radius 2 is 2.17 bits per heavy atom. The second-order valence-electron chi connectivity index (χ2n) is 4.68. The molecule has 0 radical (unpaired) electrons. The zero-order chi connectivity index (χ0) is 12.5. The Kier molecular flexibility index (Phi) is 2.79. The van der Waals surface area contributed by atoms with E-state index >= 15 is 0 Å². The highest BCUT2D eigenvalue weighted by molar-refractivity contribution is 5.69. The van der Waals surface area contributed by atoms with E-state index in [0.717, 1.165) is 25.2 Å². The predicted octanol–water partition coefficient (Wildman–Crippen LogP) is 1.62. The molecular weight excluding hydrogens is 234 g/mol. The fourth-order valence-corrected chi connectivity index (χ4v) is 2.10. The highest BCUT2D eigenvalue weighted by Crippen LogP contribution is 2.32. The molecule has 2 aliphatic rings. The highest BCUT2D eigenvalue weighted by atomic mass is 16.6. The van der Waals surface area contributed by atoms with Gasteiger partial charge in [-0.25, -0.2) is 0 Å². The number of nitrogens with one attached hydrogen (secondary N) is 1. The maximum absolute atomic E-state index is 11.1. The maximum atomic E-state index is 11.1. The summed E-state index contributed by atoms with van der Waals surface area (Å²) in [6.07, 6.45) is 1.16. The van der Waals surface area contributed by atoms with Crippen LogP contribution in [0.5, 0.6) is 0 Å². The number of nitrogens with zero attached hydrogens (tertiary/aromatic N) is 2. The molecule has 3 rings (SSSR count). The smallest absolute Gasteiger partial charge is 0.294 e. The van der Waals surface area contributed by atoms with E-state index in [-0.39, 0.29) is 16.7 Å². The quantitative estimate of drug-likeness (QED) is 0.648. The van der Waals surface area contributed by atoms with Crippen molar-refractivity contribution in [3.63, 3.8) is 0 Å². The van der Waals surface area contributed by atoms with Crippen LogP contribution in [0.25, 0.3) is 0 Å². The average molecular weight is 249 g/mol. The molecule has 0 bridgehead atoms. The van der Waals surface area contributed by atoms with Crippen molar-refractivity contribution in [3.8, 4) is 0 Å². The van der Waals surface area contributed by atoms with Crippen LogP contribution in [-0.4, -0.2) is 37.3 Å². The van der Waals surface area contributed by atoms with Crippen molar-refractivity contribution in [3.05, 3.63) is 28.3 Å². The first-order valence-electron chi connectivity index (χ1n) is 6.12. The minimum Gasteiger partial charge on any atom is -0.377 e. The van der Waals surface area contributed by atoms with Gasteiger partial charge >= 0.3 is 0 Å². The van der Waals surface area contributed by atoms with Gasteiger partial charge in [0.2, 0.25) is 0 Å². The van der Waals surface area contributed by atoms with Crippen LogP contribution in [0.2, 0.25) is 0 Å². The van der Waals surface area contributed by atoms with Gasteiger partial charge in [-0.05, 0) is 18.6 Å². The molecule has 96 valence electrons. The molecule has 18 heavy (non-hydrogen) atoms. The third kappa shape index (κ3) is 1.99. The van der Waals surface area contributed by atoms with Gasteiger partial charge in [0.15, 0.2) is 0 Å². The maximum Gasteiger partial charge on any atom is 0.294 e. The van der Waals surface area contributed by atoms with Crippen LogP contribution in [0.1, 0.15) is 6.42 Å². The minimum absolute atomic E-state index is 0.145. The molecular formula is C12H15N3O3. The molecule has 0 unspecified atom stereocenters. The summed E-state index contributed by atoms with van der Waals surface area (Å²) in [5, 5.41) is 14.3. The Morgan fingerprint density at radius 1 is 1.39 bits per heavy atom. The van der Waals surface area contributed by atoms with E-state index in [1.807, 2.05) is 6.07 Å². The fraction of sp³-hybridized carbons (Fsp3) is 0.500. The second kappa shape index (κ2) is 4.45. The first-order chi connectivity index (χ1) is 8.74. The van der Waals surface area contributed by atoms with Gasteiger partial charge in [-0.1, -0.05) is 0 Å². The minimum atomic E-state index is -0.328. The van der Waals surface area contributed by atoms with Crippen LogP contribution < -0.4 is 10.2 Å². The molecule has 6 heteroatoms. The summed E-state index contributed by atoms with van der Waals surface area (Å²) < 4.78 is 5.06. The Bertz CT molecular complexity index is 470. The first kappa shape index (κ1) is 11.3. The van der Waals surface area contributed by atoms with Crippen LogP contribution in [0.4, 0.5) is 17.1 Å². The number of ether oxygens (including phenoxy) is 1. The molecule has 2 fully saturated rings. The average Bonchev–Trinajstić information content (AvgIpc) is 2.22. The lowest BCUT2D eigenvalue weighted by atomic mass is 10.1. The summed E-state index contributed by atoms with van der Waals surface area (Å²) in [6.45, 7) is 3.21. The van der Waals surface area contributed by atoms with Gasteiger partial charge in [0.1, 0.15) is 5.69 Å². The molecule has 2 aliphatic heterocycles. The molecule has 1 aromatic rings. The van der Waals surface area contributed by atoms with E-state index in [1.165, 1.54) is 0 Å². The Hall–Kier alpha value is -1.82. The molecule has 2 heterocycles. The van der Waals surface area contributed by atoms with Gasteiger partial charge in [-0.2, -0.15) is 0 Å². The van der Waals surface area contributed by atoms with E-state index < -0.39 is 0 Å². The Labute approximate surface area is 105 Å². The lowest BCUT2D eigenvalue weighted by Gasteiger charge is -2.33. The molecule has 1 aromatic carbocycles. The summed E-state index contributed by atoms with van der Waals surface area (Å²) in [6, 6.07) is 5.58. The van der Waals surface area contributed by atoms with Crippen LogP contribution in [-0.2, 0) is 4.74 Å². The van der Waals surface area contributed by atoms with Crippen molar-refractivity contribution in [1.82, 2.24) is 0 Å². The number of hydrogen-bond acceptors (Lipinski definition) is 5. The summed E-state index contributed by atoms with van der Waals surface area (Å²) in [7, 11) is 0. The SMILES string of the molecule is O=[N+]([O-])c1cc(N2CCC2)ccc1NC1COC1. The predicted molar refractivity (Wildman–Crippen MR) is 68.2 cm³/mol. The number of benzene rings is 1. The fourth-order valence-electron chi connectivity index (χ4n) is 2.10. The van der Waals surface area contributed by atoms with Crippen molar-refractivity contribution in [2.24, 2.45) is 0 Å². The van der Waals surface area contributed by atoms with E-state index in [2.05, 4.69) is 10.2 Å². The van der Waals surface area contributed by atoms with Crippen molar-refractivity contribution in [2.75, 3.05) is 36.5 Å². The van der Waals surface area contributed by atoms with Crippen LogP contribution in [0.3, 0.4) is 0 Å². The Balaban J connectivity index is 1.84. The van der Waals surface area contributed by atoms with Gasteiger partial charge in [0, 0.05) is 24.8 Å². The normalized spacial score (nSPS) is 19.0. The number of anilines is 2. The number of hydrogen-bond donors (Lipinski definition) is 1. The number of nitro groups is 1.